The van der Waals surface area contributed by atoms with Crippen molar-refractivity contribution in [2.75, 3.05) is 6.54 Å². The molecule has 3 rings (SSSR count). The maximum atomic E-state index is 13.1. The molecule has 1 atom stereocenters. The molecule has 112 valence electrons. The summed E-state index contributed by atoms with van der Waals surface area (Å²) >= 11 is 0. The van der Waals surface area contributed by atoms with E-state index in [0.717, 1.165) is 22.0 Å². The first-order valence-corrected chi connectivity index (χ1v) is 6.97. The van der Waals surface area contributed by atoms with Gasteiger partial charge in [0.2, 0.25) is 6.54 Å². The van der Waals surface area contributed by atoms with Gasteiger partial charge in [0.15, 0.2) is 0 Å². The fourth-order valence-electron chi connectivity index (χ4n) is 2.88. The van der Waals surface area contributed by atoms with Gasteiger partial charge in [-0.25, -0.2) is 4.39 Å². The number of para-hydroxylation sites is 1. The van der Waals surface area contributed by atoms with Crippen LogP contribution in [0.3, 0.4) is 0 Å². The van der Waals surface area contributed by atoms with Gasteiger partial charge in [0.05, 0.1) is 5.92 Å². The fraction of sp³-hybridized carbons (Fsp3) is 0.176. The van der Waals surface area contributed by atoms with Crippen molar-refractivity contribution in [1.82, 2.24) is 4.57 Å². The highest BCUT2D eigenvalue weighted by Crippen LogP contribution is 2.32. The van der Waals surface area contributed by atoms with Crippen LogP contribution in [-0.2, 0) is 7.05 Å². The summed E-state index contributed by atoms with van der Waals surface area (Å²) in [6.07, 6.45) is 1.92. The van der Waals surface area contributed by atoms with Crippen LogP contribution in [0.1, 0.15) is 17.0 Å². The molecule has 4 nitrogen and oxygen atoms in total. The van der Waals surface area contributed by atoms with Crippen LogP contribution in [0.15, 0.2) is 54.7 Å². The second-order valence-electron chi connectivity index (χ2n) is 5.33. The van der Waals surface area contributed by atoms with E-state index in [-0.39, 0.29) is 17.3 Å². The minimum absolute atomic E-state index is 0.223. The topological polar surface area (TPSA) is 48.1 Å². The largest absolute Gasteiger partial charge is 0.350 e. The second-order valence-corrected chi connectivity index (χ2v) is 5.33. The van der Waals surface area contributed by atoms with E-state index in [9.17, 15) is 14.5 Å². The quantitative estimate of drug-likeness (QED) is 0.544. The third-order valence-corrected chi connectivity index (χ3v) is 3.91. The Morgan fingerprint density at radius 3 is 2.55 bits per heavy atom. The Morgan fingerprint density at radius 1 is 1.18 bits per heavy atom. The van der Waals surface area contributed by atoms with Crippen LogP contribution in [0.25, 0.3) is 10.9 Å². The van der Waals surface area contributed by atoms with Crippen molar-refractivity contribution in [3.63, 3.8) is 0 Å². The van der Waals surface area contributed by atoms with Gasteiger partial charge in [0.1, 0.15) is 5.82 Å². The highest BCUT2D eigenvalue weighted by atomic mass is 19.1. The molecule has 1 heterocycles. The van der Waals surface area contributed by atoms with Crippen molar-refractivity contribution in [3.05, 3.63) is 81.8 Å². The number of fused-ring (bicyclic) bond motifs is 1. The summed E-state index contributed by atoms with van der Waals surface area (Å²) in [5.74, 6) is -0.747. The van der Waals surface area contributed by atoms with E-state index >= 15 is 0 Å². The predicted molar refractivity (Wildman–Crippen MR) is 83.0 cm³/mol. The summed E-state index contributed by atoms with van der Waals surface area (Å²) in [5, 5.41) is 12.1. The van der Waals surface area contributed by atoms with E-state index in [2.05, 4.69) is 0 Å². The van der Waals surface area contributed by atoms with Crippen LogP contribution in [-0.4, -0.2) is 16.0 Å². The lowest BCUT2D eigenvalue weighted by Crippen LogP contribution is -2.13. The molecule has 1 unspecified atom stereocenters. The Hall–Kier alpha value is -2.69. The Bertz CT molecular complexity index is 824. The number of aryl methyl sites for hydroxylation is 1. The van der Waals surface area contributed by atoms with E-state index < -0.39 is 5.92 Å². The van der Waals surface area contributed by atoms with Crippen molar-refractivity contribution in [2.45, 2.75) is 5.92 Å². The normalized spacial score (nSPS) is 12.5. The van der Waals surface area contributed by atoms with Gasteiger partial charge < -0.3 is 4.57 Å². The van der Waals surface area contributed by atoms with E-state index in [0.29, 0.717) is 0 Å². The molecule has 2 aromatic carbocycles. The van der Waals surface area contributed by atoms with Gasteiger partial charge in [0.25, 0.3) is 0 Å². The average Bonchev–Trinajstić information content (AvgIpc) is 2.83. The van der Waals surface area contributed by atoms with Gasteiger partial charge in [-0.1, -0.05) is 30.3 Å². The van der Waals surface area contributed by atoms with E-state index in [4.69, 9.17) is 0 Å². The maximum absolute atomic E-state index is 13.1. The number of aromatic nitrogens is 1. The Labute approximate surface area is 127 Å². The Balaban J connectivity index is 2.16. The van der Waals surface area contributed by atoms with Gasteiger partial charge in [-0.05, 0) is 29.3 Å². The lowest BCUT2D eigenvalue weighted by molar-refractivity contribution is -0.481. The van der Waals surface area contributed by atoms with E-state index in [1.54, 1.807) is 12.1 Å². The van der Waals surface area contributed by atoms with Crippen LogP contribution < -0.4 is 0 Å². The summed E-state index contributed by atoms with van der Waals surface area (Å²) in [5.41, 5.74) is 2.66. The molecular weight excluding hydrogens is 283 g/mol. The smallest absolute Gasteiger partial charge is 0.214 e. The van der Waals surface area contributed by atoms with Gasteiger partial charge in [-0.2, -0.15) is 0 Å². The highest BCUT2D eigenvalue weighted by molar-refractivity contribution is 5.85. The average molecular weight is 298 g/mol. The summed E-state index contributed by atoms with van der Waals surface area (Å²) in [6.45, 7) is -0.223. The SMILES string of the molecule is Cn1cc(C(C[N+](=O)[O-])c2ccc(F)cc2)c2ccccc21. The first kappa shape index (κ1) is 14.3. The van der Waals surface area contributed by atoms with Gasteiger partial charge in [-0.3, -0.25) is 10.1 Å². The molecule has 22 heavy (non-hydrogen) atoms. The van der Waals surface area contributed by atoms with Crippen molar-refractivity contribution >= 4 is 10.9 Å². The van der Waals surface area contributed by atoms with Crippen molar-refractivity contribution in [3.8, 4) is 0 Å². The second kappa shape index (κ2) is 5.60. The van der Waals surface area contributed by atoms with E-state index in [1.165, 1.54) is 12.1 Å². The summed E-state index contributed by atoms with van der Waals surface area (Å²) < 4.78 is 15.1. The van der Waals surface area contributed by atoms with Crippen LogP contribution in [0, 0.1) is 15.9 Å². The van der Waals surface area contributed by atoms with Crippen LogP contribution >= 0.6 is 0 Å². The molecular formula is C17H15FN2O2. The molecule has 0 saturated carbocycles. The first-order valence-electron chi connectivity index (χ1n) is 6.97. The lowest BCUT2D eigenvalue weighted by Gasteiger charge is -2.13. The lowest BCUT2D eigenvalue weighted by atomic mass is 9.91. The molecule has 5 heteroatoms. The highest BCUT2D eigenvalue weighted by Gasteiger charge is 2.23. The molecule has 0 spiro atoms. The summed E-state index contributed by atoms with van der Waals surface area (Å²) in [6, 6.07) is 13.7. The van der Waals surface area contributed by atoms with Crippen LogP contribution in [0.4, 0.5) is 4.39 Å². The maximum Gasteiger partial charge on any atom is 0.214 e. The van der Waals surface area contributed by atoms with Gasteiger partial charge in [0, 0.05) is 29.1 Å². The number of nitrogens with zero attached hydrogens (tertiary/aromatic N) is 2. The Kier molecular flexibility index (Phi) is 3.63. The summed E-state index contributed by atoms with van der Waals surface area (Å²) in [4.78, 5) is 10.8. The molecule has 0 amide bonds. The molecule has 0 bridgehead atoms. The first-order chi connectivity index (χ1) is 10.6. The predicted octanol–water partition coefficient (Wildman–Crippen LogP) is 3.73. The Morgan fingerprint density at radius 2 is 1.86 bits per heavy atom. The van der Waals surface area contributed by atoms with Crippen molar-refractivity contribution in [2.24, 2.45) is 7.05 Å². The zero-order chi connectivity index (χ0) is 15.7. The number of hydrogen-bond donors (Lipinski definition) is 0. The van der Waals surface area contributed by atoms with Crippen molar-refractivity contribution < 1.29 is 9.31 Å². The fourth-order valence-corrected chi connectivity index (χ4v) is 2.88. The molecule has 0 aliphatic carbocycles. The number of benzene rings is 2. The molecule has 0 N–H and O–H groups in total. The van der Waals surface area contributed by atoms with E-state index in [1.807, 2.05) is 42.1 Å². The summed E-state index contributed by atoms with van der Waals surface area (Å²) in [7, 11) is 1.92. The van der Waals surface area contributed by atoms with Gasteiger partial charge >= 0.3 is 0 Å². The molecule has 0 radical (unpaired) electrons. The number of hydrogen-bond acceptors (Lipinski definition) is 2. The molecule has 1 aromatic heterocycles. The number of rotatable bonds is 4. The minimum Gasteiger partial charge on any atom is -0.350 e. The zero-order valence-corrected chi connectivity index (χ0v) is 12.1. The third kappa shape index (κ3) is 2.57. The standard InChI is InChI=1S/C17H15FN2O2/c1-19-10-16(14-4-2-3-5-17(14)19)15(11-20(21)22)12-6-8-13(18)9-7-12/h2-10,15H,11H2,1H3. The molecule has 0 saturated heterocycles. The third-order valence-electron chi connectivity index (χ3n) is 3.91. The van der Waals surface area contributed by atoms with Crippen molar-refractivity contribution in [1.29, 1.82) is 0 Å². The van der Waals surface area contributed by atoms with Crippen LogP contribution in [0.5, 0.6) is 0 Å². The minimum atomic E-state index is -0.401. The zero-order valence-electron chi connectivity index (χ0n) is 12.1. The molecule has 0 aliphatic rings. The number of nitro groups is 1. The van der Waals surface area contributed by atoms with Crippen LogP contribution in [0.2, 0.25) is 0 Å². The molecule has 0 aliphatic heterocycles. The molecule has 3 aromatic rings. The monoisotopic (exact) mass is 298 g/mol. The molecule has 0 fully saturated rings. The van der Waals surface area contributed by atoms with Gasteiger partial charge in [-0.15, -0.1) is 0 Å². The number of halogens is 1.